The Labute approximate surface area is 171 Å². The van der Waals surface area contributed by atoms with Crippen LogP contribution in [0.2, 0.25) is 0 Å². The van der Waals surface area contributed by atoms with Gasteiger partial charge in [0.05, 0.1) is 25.0 Å². The van der Waals surface area contributed by atoms with Crippen LogP contribution >= 0.6 is 0 Å². The van der Waals surface area contributed by atoms with E-state index in [2.05, 4.69) is 50.6 Å². The van der Waals surface area contributed by atoms with E-state index >= 15 is 0 Å². The maximum absolute atomic E-state index is 5.21. The Morgan fingerprint density at radius 2 is 1.93 bits per heavy atom. The number of nitrogens with zero attached hydrogens (tertiary/aromatic N) is 4. The Morgan fingerprint density at radius 1 is 1.14 bits per heavy atom. The fraction of sp³-hybridized carbons (Fsp3) is 0.304. The van der Waals surface area contributed by atoms with E-state index in [9.17, 15) is 0 Å². The average Bonchev–Trinajstić information content (AvgIpc) is 3.45. The van der Waals surface area contributed by atoms with Gasteiger partial charge in [0.2, 0.25) is 0 Å². The smallest absolute Gasteiger partial charge is 0.193 e. The van der Waals surface area contributed by atoms with Crippen LogP contribution in [0, 0.1) is 0 Å². The van der Waals surface area contributed by atoms with Crippen LogP contribution in [-0.2, 0) is 6.54 Å². The van der Waals surface area contributed by atoms with Gasteiger partial charge >= 0.3 is 0 Å². The molecule has 1 unspecified atom stereocenters. The Hall–Kier alpha value is -3.28. The average molecular weight is 390 g/mol. The van der Waals surface area contributed by atoms with Gasteiger partial charge in [0.15, 0.2) is 5.96 Å². The van der Waals surface area contributed by atoms with Gasteiger partial charge in [-0.25, -0.2) is 4.68 Å². The van der Waals surface area contributed by atoms with E-state index in [1.54, 1.807) is 7.11 Å². The van der Waals surface area contributed by atoms with Gasteiger partial charge in [-0.3, -0.25) is 4.99 Å². The van der Waals surface area contributed by atoms with E-state index < -0.39 is 0 Å². The van der Waals surface area contributed by atoms with Crippen molar-refractivity contribution >= 4 is 5.96 Å². The number of likely N-dealkylation sites (tertiary alicyclic amines) is 1. The molecule has 2 aromatic carbocycles. The summed E-state index contributed by atoms with van der Waals surface area (Å²) in [6.07, 6.45) is 3.12. The van der Waals surface area contributed by atoms with Crippen molar-refractivity contribution in [1.82, 2.24) is 20.0 Å². The number of methoxy groups -OCH3 is 1. The first-order chi connectivity index (χ1) is 14.3. The molecule has 2 heterocycles. The number of rotatable bonds is 5. The van der Waals surface area contributed by atoms with E-state index in [4.69, 9.17) is 4.74 Å². The molecule has 0 spiro atoms. The summed E-state index contributed by atoms with van der Waals surface area (Å²) in [5.41, 5.74) is 3.39. The van der Waals surface area contributed by atoms with E-state index in [0.29, 0.717) is 12.5 Å². The molecule has 29 heavy (non-hydrogen) atoms. The fourth-order valence-corrected chi connectivity index (χ4v) is 3.79. The van der Waals surface area contributed by atoms with E-state index in [-0.39, 0.29) is 0 Å². The fourth-order valence-electron chi connectivity index (χ4n) is 3.79. The van der Waals surface area contributed by atoms with Crippen LogP contribution in [-0.4, -0.2) is 47.9 Å². The lowest BCUT2D eigenvalue weighted by Crippen LogP contribution is -2.39. The summed E-state index contributed by atoms with van der Waals surface area (Å²) in [6, 6.07) is 20.6. The third-order valence-corrected chi connectivity index (χ3v) is 5.38. The van der Waals surface area contributed by atoms with Crippen molar-refractivity contribution in [2.75, 3.05) is 27.2 Å². The van der Waals surface area contributed by atoms with Gasteiger partial charge in [0.25, 0.3) is 0 Å². The van der Waals surface area contributed by atoms with E-state index in [0.717, 1.165) is 42.6 Å². The molecular formula is C23H27N5O. The summed E-state index contributed by atoms with van der Waals surface area (Å²) in [7, 11) is 3.51. The van der Waals surface area contributed by atoms with Gasteiger partial charge in [0.1, 0.15) is 5.75 Å². The van der Waals surface area contributed by atoms with Crippen molar-refractivity contribution in [1.29, 1.82) is 0 Å². The number of ether oxygens (including phenoxy) is 1. The maximum Gasteiger partial charge on any atom is 0.193 e. The summed E-state index contributed by atoms with van der Waals surface area (Å²) >= 11 is 0. The normalized spacial score (nSPS) is 16.8. The summed E-state index contributed by atoms with van der Waals surface area (Å²) in [5.74, 6) is 2.33. The highest BCUT2D eigenvalue weighted by atomic mass is 16.5. The minimum Gasteiger partial charge on any atom is -0.497 e. The Bertz CT molecular complexity index is 949. The van der Waals surface area contributed by atoms with Crippen molar-refractivity contribution in [3.05, 3.63) is 78.1 Å². The Balaban J connectivity index is 1.35. The molecule has 1 aliphatic rings. The highest BCUT2D eigenvalue weighted by Crippen LogP contribution is 2.26. The number of hydrogen-bond acceptors (Lipinski definition) is 3. The first kappa shape index (κ1) is 19.1. The van der Waals surface area contributed by atoms with Crippen molar-refractivity contribution in [3.8, 4) is 11.4 Å². The quantitative estimate of drug-likeness (QED) is 0.536. The molecule has 1 atom stereocenters. The van der Waals surface area contributed by atoms with Crippen LogP contribution < -0.4 is 10.1 Å². The van der Waals surface area contributed by atoms with Crippen LogP contribution in [0.15, 0.2) is 71.9 Å². The second-order valence-electron chi connectivity index (χ2n) is 7.19. The third kappa shape index (κ3) is 4.42. The molecule has 0 amide bonds. The second-order valence-corrected chi connectivity index (χ2v) is 7.19. The summed E-state index contributed by atoms with van der Waals surface area (Å²) in [5, 5.41) is 8.13. The predicted molar refractivity (Wildman–Crippen MR) is 116 cm³/mol. The number of guanidine groups is 1. The first-order valence-corrected chi connectivity index (χ1v) is 9.96. The zero-order valence-electron chi connectivity index (χ0n) is 17.0. The maximum atomic E-state index is 5.21. The zero-order chi connectivity index (χ0) is 20.1. The van der Waals surface area contributed by atoms with Crippen LogP contribution in [0.5, 0.6) is 5.75 Å². The first-order valence-electron chi connectivity index (χ1n) is 9.96. The molecule has 3 aromatic rings. The van der Waals surface area contributed by atoms with Gasteiger partial charge in [-0.05, 0) is 42.3 Å². The van der Waals surface area contributed by atoms with Gasteiger partial charge in [-0.15, -0.1) is 0 Å². The van der Waals surface area contributed by atoms with Crippen molar-refractivity contribution in [2.45, 2.75) is 18.9 Å². The molecule has 1 saturated heterocycles. The molecule has 1 fully saturated rings. The minimum atomic E-state index is 0.559. The molecule has 0 radical (unpaired) electrons. The second kappa shape index (κ2) is 8.82. The Kier molecular flexibility index (Phi) is 5.79. The molecule has 150 valence electrons. The van der Waals surface area contributed by atoms with Gasteiger partial charge in [-0.2, -0.15) is 5.10 Å². The molecule has 1 N–H and O–H groups in total. The number of aromatic nitrogens is 2. The lowest BCUT2D eigenvalue weighted by Gasteiger charge is -2.21. The molecular weight excluding hydrogens is 362 g/mol. The molecule has 0 bridgehead atoms. The molecule has 0 aliphatic carbocycles. The molecule has 6 nitrogen and oxygen atoms in total. The molecule has 1 aliphatic heterocycles. The van der Waals surface area contributed by atoms with Crippen LogP contribution in [0.25, 0.3) is 5.69 Å². The lowest BCUT2D eigenvalue weighted by atomic mass is 9.99. The highest BCUT2D eigenvalue weighted by Gasteiger charge is 2.25. The zero-order valence-corrected chi connectivity index (χ0v) is 17.0. The van der Waals surface area contributed by atoms with E-state index in [1.165, 1.54) is 5.56 Å². The van der Waals surface area contributed by atoms with Crippen molar-refractivity contribution in [3.63, 3.8) is 0 Å². The lowest BCUT2D eigenvalue weighted by molar-refractivity contribution is 0.414. The molecule has 1 aromatic heterocycles. The van der Waals surface area contributed by atoms with Crippen LogP contribution in [0.3, 0.4) is 0 Å². The summed E-state index contributed by atoms with van der Waals surface area (Å²) in [4.78, 5) is 6.81. The monoisotopic (exact) mass is 389 g/mol. The highest BCUT2D eigenvalue weighted by molar-refractivity contribution is 5.80. The number of aliphatic imine (C=N–C) groups is 1. The van der Waals surface area contributed by atoms with Gasteiger partial charge in [-0.1, -0.05) is 30.3 Å². The predicted octanol–water partition coefficient (Wildman–Crippen LogP) is 3.45. The molecule has 0 saturated carbocycles. The minimum absolute atomic E-state index is 0.559. The van der Waals surface area contributed by atoms with E-state index in [1.807, 2.05) is 48.3 Å². The van der Waals surface area contributed by atoms with Crippen molar-refractivity contribution in [2.24, 2.45) is 4.99 Å². The summed E-state index contributed by atoms with van der Waals surface area (Å²) in [6.45, 7) is 2.64. The SMILES string of the molecule is CN=C(NCc1ccn(-c2ccc(OC)cc2)n1)N1CCC(c2ccccc2)C1. The third-order valence-electron chi connectivity index (χ3n) is 5.38. The number of hydrogen-bond donors (Lipinski definition) is 1. The van der Waals surface area contributed by atoms with Crippen LogP contribution in [0.4, 0.5) is 0 Å². The van der Waals surface area contributed by atoms with Crippen molar-refractivity contribution < 1.29 is 4.74 Å². The standard InChI is InChI=1S/C23H27N5O/c1-24-23(27-14-12-19(17-27)18-6-4-3-5-7-18)25-16-20-13-15-28(26-20)21-8-10-22(29-2)11-9-21/h3-11,13,15,19H,12,14,16-17H2,1-2H3,(H,24,25). The Morgan fingerprint density at radius 3 is 2.66 bits per heavy atom. The van der Waals surface area contributed by atoms with Gasteiger partial charge in [0, 0.05) is 32.3 Å². The number of benzene rings is 2. The molecule has 6 heteroatoms. The van der Waals surface area contributed by atoms with Gasteiger partial charge < -0.3 is 15.0 Å². The number of nitrogens with one attached hydrogen (secondary N) is 1. The molecule has 4 rings (SSSR count). The topological polar surface area (TPSA) is 54.7 Å². The van der Waals surface area contributed by atoms with Crippen LogP contribution in [0.1, 0.15) is 23.6 Å². The summed E-state index contributed by atoms with van der Waals surface area (Å²) < 4.78 is 7.09. The largest absolute Gasteiger partial charge is 0.497 e.